The number of rotatable bonds is 12. The summed E-state index contributed by atoms with van der Waals surface area (Å²) in [5.41, 5.74) is 7.39. The van der Waals surface area contributed by atoms with Crippen LogP contribution in [-0.4, -0.2) is 120 Å². The van der Waals surface area contributed by atoms with Gasteiger partial charge in [-0.3, -0.25) is 34.5 Å². The number of carbonyl (C=O) groups is 1. The molecule has 3 aromatic carbocycles. The molecule has 1 aliphatic carbocycles. The lowest BCUT2D eigenvalue weighted by molar-refractivity contribution is -0.384. The van der Waals surface area contributed by atoms with Crippen LogP contribution < -0.4 is 14.9 Å². The number of fused-ring (bicyclic) bond motifs is 2. The van der Waals surface area contributed by atoms with E-state index in [0.717, 1.165) is 113 Å². The molecule has 3 fully saturated rings. The lowest BCUT2D eigenvalue weighted by Crippen LogP contribution is -2.53. The van der Waals surface area contributed by atoms with Crippen LogP contribution in [0.3, 0.4) is 0 Å². The maximum atomic E-state index is 14.3. The van der Waals surface area contributed by atoms with Gasteiger partial charge in [0.2, 0.25) is 0 Å². The number of H-pyrrole nitrogens is 1. The second-order valence-electron chi connectivity index (χ2n) is 18.8. The Morgan fingerprint density at radius 3 is 2.48 bits per heavy atom. The van der Waals surface area contributed by atoms with Gasteiger partial charge in [0.05, 0.1) is 45.8 Å². The number of anilines is 2. The molecule has 4 aliphatic rings. The summed E-state index contributed by atoms with van der Waals surface area (Å²) < 4.78 is 37.2. The standard InChI is InChI=1S/C48H53ClN10O6S/c1-48(2)15-11-33(40(26-48)31-3-5-34(49)6-4-31)28-55-19-21-57(22-20-55)36-7-9-39(43(24-36)58-44-23-32-12-16-50-46(32)53-42(44)27-51-58)47(60)54-66(63,64)38-8-10-41(45(25-38)59(61)62)52-35-13-17-56(18-14-35)37-29-65-30-37/h3-10,12,16,23-25,27,35,37,51-52H,11,13-15,17-22,26,28-30H2,1-2H3,(H,54,60). The smallest absolute Gasteiger partial charge is 0.293 e. The van der Waals surface area contributed by atoms with Crippen LogP contribution in [0.15, 0.2) is 95.7 Å². The molecule has 66 heavy (non-hydrogen) atoms. The Morgan fingerprint density at radius 2 is 1.76 bits per heavy atom. The molecular weight excluding hydrogens is 880 g/mol. The Kier molecular flexibility index (Phi) is 11.8. The number of likely N-dealkylation sites (tertiary alicyclic amines) is 1. The minimum Gasteiger partial charge on any atom is -0.378 e. The van der Waals surface area contributed by atoms with Crippen molar-refractivity contribution in [3.05, 3.63) is 117 Å². The first-order chi connectivity index (χ1) is 31.8. The highest BCUT2D eigenvalue weighted by molar-refractivity contribution is 7.90. The van der Waals surface area contributed by atoms with Gasteiger partial charge in [-0.05, 0) is 103 Å². The first-order valence-corrected chi connectivity index (χ1v) is 24.5. The predicted molar refractivity (Wildman–Crippen MR) is 256 cm³/mol. The number of hydrogen-bond donors (Lipinski definition) is 3. The largest absolute Gasteiger partial charge is 0.378 e. The average Bonchev–Trinajstić information content (AvgIpc) is 3.93. The lowest BCUT2D eigenvalue weighted by Gasteiger charge is -2.41. The van der Waals surface area contributed by atoms with Crippen LogP contribution in [0.25, 0.3) is 33.3 Å². The molecular formula is C48H53ClN10O6S. The van der Waals surface area contributed by atoms with Crippen LogP contribution in [-0.2, 0) is 14.8 Å². The van der Waals surface area contributed by atoms with Crippen LogP contribution in [0.4, 0.5) is 17.1 Å². The number of nitrogens with one attached hydrogen (secondary N) is 3. The molecule has 18 heteroatoms. The van der Waals surface area contributed by atoms with Crippen molar-refractivity contribution >= 4 is 72.2 Å². The summed E-state index contributed by atoms with van der Waals surface area (Å²) in [4.78, 5) is 41.8. The Bertz CT molecular complexity index is 2970. The number of benzene rings is 3. The topological polar surface area (TPSA) is 184 Å². The van der Waals surface area contributed by atoms with Crippen LogP contribution in [0, 0.1) is 15.5 Å². The molecule has 6 aromatic rings. The Balaban J connectivity index is 0.895. The third-order valence-electron chi connectivity index (χ3n) is 13.8. The third-order valence-corrected chi connectivity index (χ3v) is 15.4. The molecule has 3 saturated heterocycles. The number of nitrogens with zero attached hydrogens (tertiary/aromatic N) is 7. The molecule has 0 radical (unpaired) electrons. The van der Waals surface area contributed by atoms with Crippen molar-refractivity contribution in [1.82, 2.24) is 34.3 Å². The van der Waals surface area contributed by atoms with Gasteiger partial charge < -0.3 is 15.0 Å². The van der Waals surface area contributed by atoms with Gasteiger partial charge in [-0.1, -0.05) is 43.2 Å². The number of sulfonamides is 1. The fourth-order valence-electron chi connectivity index (χ4n) is 9.86. The second kappa shape index (κ2) is 17.8. The van der Waals surface area contributed by atoms with Gasteiger partial charge in [0.1, 0.15) is 11.2 Å². The number of carbonyl (C=O) groups excluding carboxylic acids is 1. The molecule has 6 heterocycles. The van der Waals surface area contributed by atoms with Crippen LogP contribution >= 0.6 is 11.6 Å². The van der Waals surface area contributed by atoms with E-state index in [2.05, 4.69) is 60.8 Å². The number of piperazine rings is 1. The van der Waals surface area contributed by atoms with Crippen LogP contribution in [0.5, 0.6) is 0 Å². The molecule has 3 aromatic heterocycles. The molecule has 10 rings (SSSR count). The molecule has 0 atom stereocenters. The number of ether oxygens (including phenoxy) is 1. The SMILES string of the molecule is CC1(C)CCC(CN2CCN(c3ccc(C(=O)NS(=O)(=O)c4ccc(NC5CCN(C6COC6)CC5)c([N+](=O)[O-])c4)c(-n4[nH]cc5nc6nccc6cc54)c3)CC2)=C(c2ccc(Cl)cc2)C1. The van der Waals surface area contributed by atoms with Crippen LogP contribution in [0.2, 0.25) is 5.02 Å². The molecule has 0 saturated carbocycles. The summed E-state index contributed by atoms with van der Waals surface area (Å²) in [7, 11) is -4.57. The van der Waals surface area contributed by atoms with Gasteiger partial charge in [0, 0.05) is 86.4 Å². The number of halogens is 1. The third kappa shape index (κ3) is 9.01. The Labute approximate surface area is 388 Å². The van der Waals surface area contributed by atoms with Gasteiger partial charge in [0.25, 0.3) is 21.6 Å². The highest BCUT2D eigenvalue weighted by atomic mass is 35.5. The number of aromatic amines is 1. The number of hydrogen-bond acceptors (Lipinski definition) is 12. The molecule has 0 bridgehead atoms. The maximum absolute atomic E-state index is 14.3. The van der Waals surface area contributed by atoms with E-state index in [1.165, 1.54) is 28.8 Å². The highest BCUT2D eigenvalue weighted by Gasteiger charge is 2.33. The van der Waals surface area contributed by atoms with Crippen molar-refractivity contribution in [2.75, 3.05) is 69.2 Å². The van der Waals surface area contributed by atoms with E-state index in [-0.39, 0.29) is 28.4 Å². The van der Waals surface area contributed by atoms with E-state index >= 15 is 0 Å². The van der Waals surface area contributed by atoms with Gasteiger partial charge in [-0.2, -0.15) is 0 Å². The summed E-state index contributed by atoms with van der Waals surface area (Å²) in [6.45, 7) is 11.8. The quantitative estimate of drug-likeness (QED) is 0.0807. The van der Waals surface area contributed by atoms with Crippen LogP contribution in [0.1, 0.15) is 61.9 Å². The number of pyridine rings is 1. The zero-order chi connectivity index (χ0) is 45.7. The second-order valence-corrected chi connectivity index (χ2v) is 20.9. The van der Waals surface area contributed by atoms with Gasteiger partial charge in [-0.25, -0.2) is 23.1 Å². The van der Waals surface area contributed by atoms with Crippen molar-refractivity contribution < 1.29 is 22.9 Å². The summed E-state index contributed by atoms with van der Waals surface area (Å²) in [5, 5.41) is 20.4. The normalized spacial score (nSPS) is 19.0. The molecule has 0 unspecified atom stereocenters. The van der Waals surface area contributed by atoms with E-state index in [4.69, 9.17) is 21.3 Å². The van der Waals surface area contributed by atoms with Crippen molar-refractivity contribution in [2.24, 2.45) is 5.41 Å². The summed E-state index contributed by atoms with van der Waals surface area (Å²) in [5.74, 6) is -0.894. The fraction of sp³-hybridized carbons (Fsp3) is 0.396. The fourth-order valence-corrected chi connectivity index (χ4v) is 11.0. The molecule has 344 valence electrons. The Morgan fingerprint density at radius 1 is 0.985 bits per heavy atom. The Hall–Kier alpha value is -5.85. The zero-order valence-electron chi connectivity index (χ0n) is 37.0. The number of amides is 1. The number of piperidine rings is 1. The lowest BCUT2D eigenvalue weighted by atomic mass is 9.72. The number of aromatic nitrogens is 4. The number of allylic oxidation sites excluding steroid dienone is 1. The molecule has 1 amide bonds. The van der Waals surface area contributed by atoms with Crippen molar-refractivity contribution in [1.29, 1.82) is 0 Å². The minimum atomic E-state index is -4.57. The van der Waals surface area contributed by atoms with E-state index < -0.39 is 25.7 Å². The number of nitro benzene ring substituents is 1. The van der Waals surface area contributed by atoms with Gasteiger partial charge >= 0.3 is 0 Å². The molecule has 0 spiro atoms. The monoisotopic (exact) mass is 932 g/mol. The minimum absolute atomic E-state index is 0.0161. The molecule has 16 nitrogen and oxygen atoms in total. The van der Waals surface area contributed by atoms with Crippen molar-refractivity contribution in [3.63, 3.8) is 0 Å². The summed E-state index contributed by atoms with van der Waals surface area (Å²) >= 11 is 6.27. The van der Waals surface area contributed by atoms with E-state index in [1.807, 2.05) is 36.4 Å². The maximum Gasteiger partial charge on any atom is 0.293 e. The van der Waals surface area contributed by atoms with Crippen molar-refractivity contribution in [2.45, 2.75) is 62.9 Å². The highest BCUT2D eigenvalue weighted by Crippen LogP contribution is 2.43. The zero-order valence-corrected chi connectivity index (χ0v) is 38.6. The summed E-state index contributed by atoms with van der Waals surface area (Å²) in [6.07, 6.45) is 8.16. The van der Waals surface area contributed by atoms with Gasteiger partial charge in [0.15, 0.2) is 5.65 Å². The van der Waals surface area contributed by atoms with Gasteiger partial charge in [-0.15, -0.1) is 0 Å². The molecule has 3 aliphatic heterocycles. The van der Waals surface area contributed by atoms with E-state index in [9.17, 15) is 23.3 Å². The first kappa shape index (κ1) is 44.0. The first-order valence-electron chi connectivity index (χ1n) is 22.6. The van der Waals surface area contributed by atoms with Crippen molar-refractivity contribution in [3.8, 4) is 5.69 Å². The van der Waals surface area contributed by atoms with E-state index in [1.54, 1.807) is 23.1 Å². The molecule has 3 N–H and O–H groups in total. The summed E-state index contributed by atoms with van der Waals surface area (Å²) in [6, 6.07) is 21.4. The predicted octanol–water partition coefficient (Wildman–Crippen LogP) is 7.64. The van der Waals surface area contributed by atoms with E-state index in [0.29, 0.717) is 28.4 Å². The number of nitro groups is 1. The average molecular weight is 934 g/mol.